The fourth-order valence-corrected chi connectivity index (χ4v) is 1.12. The molecule has 6 nitrogen and oxygen atoms in total. The Bertz CT molecular complexity index is 354. The summed E-state index contributed by atoms with van der Waals surface area (Å²) in [7, 11) is 1.89. The van der Waals surface area contributed by atoms with E-state index in [1.165, 1.54) is 0 Å². The maximum atomic E-state index is 9.61. The first-order chi connectivity index (χ1) is 8.49. The molecular weight excluding hydrogens is 238 g/mol. The Hall–Kier alpha value is -1.92. The van der Waals surface area contributed by atoms with Crippen LogP contribution in [0.2, 0.25) is 0 Å². The van der Waals surface area contributed by atoms with E-state index in [0.717, 1.165) is 18.5 Å². The zero-order valence-corrected chi connectivity index (χ0v) is 10.0. The highest BCUT2D eigenvalue weighted by molar-refractivity contribution is 6.27. The van der Waals surface area contributed by atoms with Gasteiger partial charge >= 0.3 is 11.9 Å². The molecule has 0 heterocycles. The highest BCUT2D eigenvalue weighted by atomic mass is 16.4. The number of hydrogen-bond acceptors (Lipinski definition) is 4. The lowest BCUT2D eigenvalue weighted by Gasteiger charge is -2.09. The highest BCUT2D eigenvalue weighted by Gasteiger charge is 2.04. The third-order valence-corrected chi connectivity index (χ3v) is 2.04. The topological polar surface area (TPSA) is 107 Å². The van der Waals surface area contributed by atoms with Crippen LogP contribution >= 0.6 is 0 Å². The minimum absolute atomic E-state index is 0.335. The SMILES string of the molecule is CNCC[C@@H](O)c1ccccc1.O=C(O)C(=O)O. The Kier molecular flexibility index (Phi) is 8.17. The zero-order chi connectivity index (χ0) is 14.0. The minimum Gasteiger partial charge on any atom is -0.473 e. The number of rotatable bonds is 4. The molecule has 0 bridgehead atoms. The molecule has 0 amide bonds. The van der Waals surface area contributed by atoms with Gasteiger partial charge in [-0.25, -0.2) is 9.59 Å². The summed E-state index contributed by atoms with van der Waals surface area (Å²) < 4.78 is 0. The van der Waals surface area contributed by atoms with E-state index in [9.17, 15) is 5.11 Å². The minimum atomic E-state index is -1.82. The molecule has 0 saturated heterocycles. The molecule has 4 N–H and O–H groups in total. The van der Waals surface area contributed by atoms with Crippen LogP contribution in [0.25, 0.3) is 0 Å². The molecule has 1 aromatic rings. The smallest absolute Gasteiger partial charge is 0.414 e. The summed E-state index contributed by atoms with van der Waals surface area (Å²) in [5, 5.41) is 27.4. The Balaban J connectivity index is 0.000000411. The van der Waals surface area contributed by atoms with Crippen molar-refractivity contribution in [1.82, 2.24) is 5.32 Å². The van der Waals surface area contributed by atoms with Gasteiger partial charge in [-0.3, -0.25) is 0 Å². The van der Waals surface area contributed by atoms with Crippen molar-refractivity contribution < 1.29 is 24.9 Å². The molecule has 18 heavy (non-hydrogen) atoms. The monoisotopic (exact) mass is 255 g/mol. The van der Waals surface area contributed by atoms with E-state index < -0.39 is 11.9 Å². The number of benzene rings is 1. The largest absolute Gasteiger partial charge is 0.473 e. The van der Waals surface area contributed by atoms with Crippen molar-refractivity contribution in [3.8, 4) is 0 Å². The first-order valence-electron chi connectivity index (χ1n) is 5.32. The molecule has 0 aliphatic carbocycles. The van der Waals surface area contributed by atoms with Crippen molar-refractivity contribution in [2.24, 2.45) is 0 Å². The van der Waals surface area contributed by atoms with Crippen LogP contribution in [0.15, 0.2) is 30.3 Å². The molecule has 6 heteroatoms. The van der Waals surface area contributed by atoms with Gasteiger partial charge in [0, 0.05) is 0 Å². The van der Waals surface area contributed by atoms with Crippen molar-refractivity contribution in [2.45, 2.75) is 12.5 Å². The maximum absolute atomic E-state index is 9.61. The number of carboxylic acid groups (broad SMARTS) is 2. The van der Waals surface area contributed by atoms with Gasteiger partial charge in [-0.05, 0) is 25.6 Å². The molecule has 0 aliphatic heterocycles. The molecule has 0 fully saturated rings. The summed E-state index contributed by atoms with van der Waals surface area (Å²) in [5.41, 5.74) is 0.993. The van der Waals surface area contributed by atoms with Crippen molar-refractivity contribution in [2.75, 3.05) is 13.6 Å². The number of hydrogen-bond donors (Lipinski definition) is 4. The van der Waals surface area contributed by atoms with Crippen LogP contribution in [0.1, 0.15) is 18.1 Å². The summed E-state index contributed by atoms with van der Waals surface area (Å²) in [6.45, 7) is 0.843. The average molecular weight is 255 g/mol. The number of aliphatic carboxylic acids is 2. The van der Waals surface area contributed by atoms with Gasteiger partial charge in [0.1, 0.15) is 0 Å². The molecule has 0 spiro atoms. The second kappa shape index (κ2) is 9.15. The Morgan fingerprint density at radius 3 is 2.06 bits per heavy atom. The Morgan fingerprint density at radius 2 is 1.67 bits per heavy atom. The van der Waals surface area contributed by atoms with Gasteiger partial charge in [0.25, 0.3) is 0 Å². The van der Waals surface area contributed by atoms with E-state index in [2.05, 4.69) is 5.32 Å². The molecule has 0 unspecified atom stereocenters. The molecule has 1 aromatic carbocycles. The Morgan fingerprint density at radius 1 is 1.17 bits per heavy atom. The lowest BCUT2D eigenvalue weighted by Crippen LogP contribution is -2.11. The summed E-state index contributed by atoms with van der Waals surface area (Å²) in [6, 6.07) is 9.73. The van der Waals surface area contributed by atoms with Crippen molar-refractivity contribution in [3.63, 3.8) is 0 Å². The van der Waals surface area contributed by atoms with Crippen LogP contribution in [0.3, 0.4) is 0 Å². The summed E-state index contributed by atoms with van der Waals surface area (Å²) in [4.78, 5) is 18.2. The van der Waals surface area contributed by atoms with Crippen LogP contribution < -0.4 is 5.32 Å². The molecular formula is C12H17NO5. The quantitative estimate of drug-likeness (QED) is 0.583. The molecule has 0 radical (unpaired) electrons. The molecule has 100 valence electrons. The van der Waals surface area contributed by atoms with Gasteiger partial charge in [0.2, 0.25) is 0 Å². The number of carboxylic acids is 2. The lowest BCUT2D eigenvalue weighted by molar-refractivity contribution is -0.159. The number of nitrogens with one attached hydrogen (secondary N) is 1. The van der Waals surface area contributed by atoms with Crippen molar-refractivity contribution in [1.29, 1.82) is 0 Å². The van der Waals surface area contributed by atoms with Gasteiger partial charge in [0.15, 0.2) is 0 Å². The number of aliphatic hydroxyl groups is 1. The van der Waals surface area contributed by atoms with E-state index >= 15 is 0 Å². The van der Waals surface area contributed by atoms with Gasteiger partial charge in [-0.2, -0.15) is 0 Å². The third-order valence-electron chi connectivity index (χ3n) is 2.04. The fraction of sp³-hybridized carbons (Fsp3) is 0.333. The van der Waals surface area contributed by atoms with Crippen LogP contribution in [-0.4, -0.2) is 40.9 Å². The predicted octanol–water partition coefficient (Wildman–Crippen LogP) is 0.485. The molecule has 0 saturated carbocycles. The Labute approximate surface area is 105 Å². The summed E-state index contributed by atoms with van der Waals surface area (Å²) in [5.74, 6) is -3.65. The number of carbonyl (C=O) groups is 2. The van der Waals surface area contributed by atoms with Gasteiger partial charge in [-0.1, -0.05) is 30.3 Å². The molecule has 1 rings (SSSR count). The normalized spacial score (nSPS) is 11.0. The van der Waals surface area contributed by atoms with E-state index in [0.29, 0.717) is 0 Å². The summed E-state index contributed by atoms with van der Waals surface area (Å²) in [6.07, 6.45) is 0.430. The van der Waals surface area contributed by atoms with E-state index in [1.54, 1.807) is 0 Å². The molecule has 1 atom stereocenters. The first-order valence-corrected chi connectivity index (χ1v) is 5.32. The maximum Gasteiger partial charge on any atom is 0.414 e. The van der Waals surface area contributed by atoms with Gasteiger partial charge in [-0.15, -0.1) is 0 Å². The third kappa shape index (κ3) is 7.37. The number of aliphatic hydroxyl groups excluding tert-OH is 1. The second-order valence-electron chi connectivity index (χ2n) is 3.43. The fourth-order valence-electron chi connectivity index (χ4n) is 1.12. The van der Waals surface area contributed by atoms with Crippen molar-refractivity contribution in [3.05, 3.63) is 35.9 Å². The van der Waals surface area contributed by atoms with Crippen LogP contribution in [0.4, 0.5) is 0 Å². The van der Waals surface area contributed by atoms with Gasteiger partial charge in [0.05, 0.1) is 6.10 Å². The van der Waals surface area contributed by atoms with Gasteiger partial charge < -0.3 is 20.6 Å². The van der Waals surface area contributed by atoms with Crippen LogP contribution in [0, 0.1) is 0 Å². The molecule has 0 aromatic heterocycles. The average Bonchev–Trinajstić information content (AvgIpc) is 2.37. The lowest BCUT2D eigenvalue weighted by atomic mass is 10.1. The first kappa shape index (κ1) is 16.1. The predicted molar refractivity (Wildman–Crippen MR) is 65.2 cm³/mol. The van der Waals surface area contributed by atoms with Crippen LogP contribution in [0.5, 0.6) is 0 Å². The summed E-state index contributed by atoms with van der Waals surface area (Å²) >= 11 is 0. The zero-order valence-electron chi connectivity index (χ0n) is 10.0. The molecule has 0 aliphatic rings. The van der Waals surface area contributed by atoms with Crippen LogP contribution in [-0.2, 0) is 9.59 Å². The highest BCUT2D eigenvalue weighted by Crippen LogP contribution is 2.14. The standard InChI is InChI=1S/C10H15NO.C2H2O4/c1-11-8-7-10(12)9-5-3-2-4-6-9;3-1(4)2(5)6/h2-6,10-12H,7-8H2,1H3;(H,3,4)(H,5,6)/t10-;/m1./s1. The van der Waals surface area contributed by atoms with Crippen molar-refractivity contribution >= 4 is 11.9 Å². The second-order valence-corrected chi connectivity index (χ2v) is 3.43. The van der Waals surface area contributed by atoms with E-state index in [4.69, 9.17) is 19.8 Å². The van der Waals surface area contributed by atoms with E-state index in [-0.39, 0.29) is 6.10 Å². The van der Waals surface area contributed by atoms with E-state index in [1.807, 2.05) is 37.4 Å².